The van der Waals surface area contributed by atoms with Gasteiger partial charge in [0, 0.05) is 19.2 Å². The Balaban J connectivity index is 3.62. The molecule has 0 N–H and O–H groups in total. The van der Waals surface area contributed by atoms with Crippen molar-refractivity contribution in [3.63, 3.8) is 0 Å². The van der Waals surface area contributed by atoms with E-state index in [-0.39, 0.29) is 0 Å². The molecule has 0 radical (unpaired) electrons. The molecule has 0 aliphatic rings. The summed E-state index contributed by atoms with van der Waals surface area (Å²) in [6.45, 7) is 8.52. The molecule has 0 aromatic rings. The molecular formula is C7H13NO2. The molecule has 0 aliphatic heterocycles. The number of nitrogens with zero attached hydrogens (tertiary/aromatic N) is 1. The Morgan fingerprint density at radius 2 is 2.10 bits per heavy atom. The molecule has 0 heterocycles. The average Bonchev–Trinajstić information content (AvgIpc) is 1.99. The largest absolute Gasteiger partial charge is 0.364 e. The topological polar surface area (TPSA) is 29.5 Å². The van der Waals surface area contributed by atoms with Crippen LogP contribution in [0.5, 0.6) is 0 Å². The second kappa shape index (κ2) is 4.99. The Kier molecular flexibility index (Phi) is 4.58. The summed E-state index contributed by atoms with van der Waals surface area (Å²) in [6.07, 6.45) is 1.15. The zero-order valence-corrected chi connectivity index (χ0v) is 6.46. The van der Waals surface area contributed by atoms with E-state index in [2.05, 4.69) is 6.58 Å². The van der Waals surface area contributed by atoms with Gasteiger partial charge >= 0.3 is 5.97 Å². The predicted octanol–water partition coefficient (Wildman–Crippen LogP) is 0.972. The first-order valence-electron chi connectivity index (χ1n) is 3.33. The Morgan fingerprint density at radius 3 is 2.40 bits per heavy atom. The Bertz CT molecular complexity index is 119. The SMILES string of the molecule is C=CC(=O)ON(CC)CC. The smallest absolute Gasteiger partial charge is 0.349 e. The first kappa shape index (κ1) is 9.17. The fourth-order valence-electron chi connectivity index (χ4n) is 0.517. The molecule has 0 aromatic carbocycles. The number of hydrogen-bond donors (Lipinski definition) is 0. The zero-order valence-electron chi connectivity index (χ0n) is 6.46. The van der Waals surface area contributed by atoms with Gasteiger partial charge in [0.2, 0.25) is 0 Å². The standard InChI is InChI=1S/C7H13NO2/c1-4-7(9)10-8(5-2)6-3/h4H,1,5-6H2,2-3H3. The fraction of sp³-hybridized carbons (Fsp3) is 0.571. The van der Waals surface area contributed by atoms with E-state index < -0.39 is 5.97 Å². The van der Waals surface area contributed by atoms with Gasteiger partial charge in [0.25, 0.3) is 0 Å². The van der Waals surface area contributed by atoms with Crippen molar-refractivity contribution in [3.05, 3.63) is 12.7 Å². The Labute approximate surface area is 61.2 Å². The van der Waals surface area contributed by atoms with Gasteiger partial charge in [-0.25, -0.2) is 4.79 Å². The average molecular weight is 143 g/mol. The molecule has 0 aliphatic carbocycles. The second-order valence-electron chi connectivity index (χ2n) is 1.73. The zero-order chi connectivity index (χ0) is 7.98. The maximum atomic E-state index is 10.6. The molecule has 58 valence electrons. The molecule has 0 bridgehead atoms. The summed E-state index contributed by atoms with van der Waals surface area (Å²) in [5, 5.41) is 1.56. The van der Waals surface area contributed by atoms with Crippen molar-refractivity contribution >= 4 is 5.97 Å². The van der Waals surface area contributed by atoms with E-state index in [1.165, 1.54) is 0 Å². The number of hydroxylamine groups is 2. The number of carbonyl (C=O) groups excluding carboxylic acids is 1. The molecule has 0 atom stereocenters. The van der Waals surface area contributed by atoms with Crippen LogP contribution >= 0.6 is 0 Å². The molecule has 0 saturated heterocycles. The van der Waals surface area contributed by atoms with Crippen molar-refractivity contribution in [2.75, 3.05) is 13.1 Å². The van der Waals surface area contributed by atoms with Gasteiger partial charge in [-0.1, -0.05) is 6.58 Å². The summed E-state index contributed by atoms with van der Waals surface area (Å²) in [5.74, 6) is -0.399. The van der Waals surface area contributed by atoms with Gasteiger partial charge in [-0.2, -0.15) is 0 Å². The predicted molar refractivity (Wildman–Crippen MR) is 39.2 cm³/mol. The number of hydrogen-bond acceptors (Lipinski definition) is 3. The van der Waals surface area contributed by atoms with Crippen molar-refractivity contribution in [1.82, 2.24) is 5.06 Å². The lowest BCUT2D eigenvalue weighted by atomic mass is 10.6. The van der Waals surface area contributed by atoms with Gasteiger partial charge < -0.3 is 4.84 Å². The maximum absolute atomic E-state index is 10.6. The van der Waals surface area contributed by atoms with E-state index in [4.69, 9.17) is 4.84 Å². The molecule has 3 heteroatoms. The molecule has 0 spiro atoms. The van der Waals surface area contributed by atoms with Crippen LogP contribution in [0.15, 0.2) is 12.7 Å². The van der Waals surface area contributed by atoms with Gasteiger partial charge in [-0.05, 0) is 13.8 Å². The van der Waals surface area contributed by atoms with Crippen molar-refractivity contribution < 1.29 is 9.63 Å². The van der Waals surface area contributed by atoms with Crippen LogP contribution < -0.4 is 0 Å². The molecule has 0 unspecified atom stereocenters. The fourth-order valence-corrected chi connectivity index (χ4v) is 0.517. The third-order valence-electron chi connectivity index (χ3n) is 1.09. The van der Waals surface area contributed by atoms with E-state index in [1.807, 2.05) is 13.8 Å². The van der Waals surface area contributed by atoms with Crippen LogP contribution in [0.2, 0.25) is 0 Å². The van der Waals surface area contributed by atoms with Gasteiger partial charge in [0.15, 0.2) is 0 Å². The third kappa shape index (κ3) is 3.25. The summed E-state index contributed by atoms with van der Waals surface area (Å²) < 4.78 is 0. The van der Waals surface area contributed by atoms with Gasteiger partial charge in [-0.15, -0.1) is 5.06 Å². The normalized spacial score (nSPS) is 9.50. The molecule has 0 fully saturated rings. The lowest BCUT2D eigenvalue weighted by molar-refractivity contribution is -0.182. The second-order valence-corrected chi connectivity index (χ2v) is 1.73. The van der Waals surface area contributed by atoms with Gasteiger partial charge in [-0.3, -0.25) is 0 Å². The highest BCUT2D eigenvalue weighted by Gasteiger charge is 2.02. The van der Waals surface area contributed by atoms with E-state index in [0.29, 0.717) is 13.1 Å². The minimum Gasteiger partial charge on any atom is -0.364 e. The third-order valence-corrected chi connectivity index (χ3v) is 1.09. The summed E-state index contributed by atoms with van der Waals surface area (Å²) in [4.78, 5) is 15.3. The Morgan fingerprint density at radius 1 is 1.60 bits per heavy atom. The highest BCUT2D eigenvalue weighted by Crippen LogP contribution is 1.89. The van der Waals surface area contributed by atoms with Gasteiger partial charge in [0.1, 0.15) is 0 Å². The van der Waals surface area contributed by atoms with Crippen LogP contribution in [0.25, 0.3) is 0 Å². The highest BCUT2D eigenvalue weighted by atomic mass is 16.7. The summed E-state index contributed by atoms with van der Waals surface area (Å²) in [6, 6.07) is 0. The monoisotopic (exact) mass is 143 g/mol. The highest BCUT2D eigenvalue weighted by molar-refractivity contribution is 5.80. The number of rotatable bonds is 4. The molecular weight excluding hydrogens is 130 g/mol. The minimum atomic E-state index is -0.399. The molecule has 0 aromatic heterocycles. The van der Waals surface area contributed by atoms with Crippen LogP contribution in [0.4, 0.5) is 0 Å². The minimum absolute atomic E-state index is 0.399. The summed E-state index contributed by atoms with van der Waals surface area (Å²) in [5.41, 5.74) is 0. The van der Waals surface area contributed by atoms with E-state index in [9.17, 15) is 4.79 Å². The van der Waals surface area contributed by atoms with E-state index in [1.54, 1.807) is 5.06 Å². The first-order valence-corrected chi connectivity index (χ1v) is 3.33. The van der Waals surface area contributed by atoms with Gasteiger partial charge in [0.05, 0.1) is 0 Å². The summed E-state index contributed by atoms with van der Waals surface area (Å²) in [7, 11) is 0. The molecule has 0 amide bonds. The van der Waals surface area contributed by atoms with Crippen LogP contribution in [0.3, 0.4) is 0 Å². The molecule has 0 rings (SSSR count). The quantitative estimate of drug-likeness (QED) is 0.434. The van der Waals surface area contributed by atoms with Crippen molar-refractivity contribution in [3.8, 4) is 0 Å². The summed E-state index contributed by atoms with van der Waals surface area (Å²) >= 11 is 0. The van der Waals surface area contributed by atoms with E-state index in [0.717, 1.165) is 6.08 Å². The van der Waals surface area contributed by atoms with Crippen molar-refractivity contribution in [1.29, 1.82) is 0 Å². The molecule has 3 nitrogen and oxygen atoms in total. The van der Waals surface area contributed by atoms with Crippen molar-refractivity contribution in [2.45, 2.75) is 13.8 Å². The first-order chi connectivity index (χ1) is 4.74. The lowest BCUT2D eigenvalue weighted by Gasteiger charge is -2.15. The van der Waals surface area contributed by atoms with Crippen LogP contribution in [0.1, 0.15) is 13.8 Å². The lowest BCUT2D eigenvalue weighted by Crippen LogP contribution is -2.25. The number of carbonyl (C=O) groups is 1. The molecule has 10 heavy (non-hydrogen) atoms. The Hall–Kier alpha value is -0.830. The van der Waals surface area contributed by atoms with Crippen LogP contribution in [0, 0.1) is 0 Å². The van der Waals surface area contributed by atoms with E-state index >= 15 is 0 Å². The maximum Gasteiger partial charge on any atom is 0.349 e. The molecule has 0 saturated carbocycles. The van der Waals surface area contributed by atoms with Crippen LogP contribution in [-0.4, -0.2) is 24.1 Å². The van der Waals surface area contributed by atoms with Crippen molar-refractivity contribution in [2.24, 2.45) is 0 Å². The van der Waals surface area contributed by atoms with Crippen LogP contribution in [-0.2, 0) is 9.63 Å².